The largest absolute Gasteiger partial charge is 0.454 e. The fourth-order valence-electron chi connectivity index (χ4n) is 3.82. The van der Waals surface area contributed by atoms with Gasteiger partial charge in [-0.1, -0.05) is 29.3 Å². The number of amides is 1. The Labute approximate surface area is 189 Å². The number of H-pyrrole nitrogens is 1. The number of benzene rings is 2. The number of carbonyl (C=O) groups excluding carboxylic acids is 1. The van der Waals surface area contributed by atoms with Crippen LogP contribution in [0.2, 0.25) is 10.0 Å². The van der Waals surface area contributed by atoms with Gasteiger partial charge in [0.1, 0.15) is 5.69 Å². The third kappa shape index (κ3) is 4.08. The lowest BCUT2D eigenvalue weighted by Crippen LogP contribution is -2.48. The number of carbonyl (C=O) groups is 1. The van der Waals surface area contributed by atoms with Crippen molar-refractivity contribution >= 4 is 29.1 Å². The second-order valence-corrected chi connectivity index (χ2v) is 8.32. The lowest BCUT2D eigenvalue weighted by molar-refractivity contribution is 0.0622. The van der Waals surface area contributed by atoms with Crippen molar-refractivity contribution in [3.8, 4) is 22.8 Å². The summed E-state index contributed by atoms with van der Waals surface area (Å²) in [4.78, 5) is 17.0. The fraction of sp³-hybridized carbons (Fsp3) is 0.273. The molecule has 1 aromatic heterocycles. The number of hydrogen-bond donors (Lipinski definition) is 1. The van der Waals surface area contributed by atoms with Gasteiger partial charge >= 0.3 is 0 Å². The van der Waals surface area contributed by atoms with Gasteiger partial charge in [-0.15, -0.1) is 0 Å². The van der Waals surface area contributed by atoms with E-state index in [-0.39, 0.29) is 12.7 Å². The third-order valence-electron chi connectivity index (χ3n) is 5.58. The van der Waals surface area contributed by atoms with Crippen LogP contribution in [0, 0.1) is 0 Å². The van der Waals surface area contributed by atoms with Gasteiger partial charge in [0.2, 0.25) is 6.79 Å². The lowest BCUT2D eigenvalue weighted by Gasteiger charge is -2.34. The van der Waals surface area contributed by atoms with E-state index in [1.54, 1.807) is 6.07 Å². The van der Waals surface area contributed by atoms with Gasteiger partial charge in [-0.25, -0.2) is 0 Å². The summed E-state index contributed by atoms with van der Waals surface area (Å²) in [5.74, 6) is 1.34. The summed E-state index contributed by atoms with van der Waals surface area (Å²) in [6.45, 7) is 3.63. The van der Waals surface area contributed by atoms with Gasteiger partial charge in [0.05, 0.1) is 5.69 Å². The number of nitrogens with zero attached hydrogens (tertiary/aromatic N) is 3. The Morgan fingerprint density at radius 2 is 1.74 bits per heavy atom. The Bertz CT molecular complexity index is 1110. The molecule has 0 spiro atoms. The highest BCUT2D eigenvalue weighted by molar-refractivity contribution is 6.35. The van der Waals surface area contributed by atoms with E-state index < -0.39 is 0 Å². The summed E-state index contributed by atoms with van der Waals surface area (Å²) < 4.78 is 10.8. The molecule has 9 heteroatoms. The van der Waals surface area contributed by atoms with Crippen LogP contribution in [0.5, 0.6) is 11.5 Å². The molecule has 31 heavy (non-hydrogen) atoms. The maximum atomic E-state index is 13.0. The quantitative estimate of drug-likeness (QED) is 0.637. The molecule has 1 saturated heterocycles. The predicted octanol–water partition coefficient (Wildman–Crippen LogP) is 4.07. The molecule has 0 radical (unpaired) electrons. The summed E-state index contributed by atoms with van der Waals surface area (Å²) in [5.41, 5.74) is 2.94. The molecular weight excluding hydrogens is 439 g/mol. The molecule has 160 valence electrons. The molecule has 1 fully saturated rings. The van der Waals surface area contributed by atoms with Gasteiger partial charge in [0.15, 0.2) is 11.5 Å². The summed E-state index contributed by atoms with van der Waals surface area (Å²) >= 11 is 12.6. The van der Waals surface area contributed by atoms with Crippen molar-refractivity contribution in [3.63, 3.8) is 0 Å². The molecule has 0 saturated carbocycles. The molecule has 2 aromatic carbocycles. The standard InChI is InChI=1S/C22H20Cl2N4O3/c23-16-2-1-3-17(24)15(16)12-27-6-8-28(9-7-27)22(29)19-11-18(25-26-19)14-4-5-20-21(10-14)31-13-30-20/h1-5,10-11H,6-9,12-13H2,(H,25,26). The van der Waals surface area contributed by atoms with E-state index in [4.69, 9.17) is 32.7 Å². The first-order valence-corrected chi connectivity index (χ1v) is 10.7. The van der Waals surface area contributed by atoms with Crippen LogP contribution >= 0.6 is 23.2 Å². The monoisotopic (exact) mass is 458 g/mol. The molecule has 2 aliphatic heterocycles. The summed E-state index contributed by atoms with van der Waals surface area (Å²) in [6, 6.07) is 12.9. The first-order chi connectivity index (χ1) is 15.1. The molecule has 1 amide bonds. The third-order valence-corrected chi connectivity index (χ3v) is 6.29. The van der Waals surface area contributed by atoms with Crippen molar-refractivity contribution in [2.24, 2.45) is 0 Å². The van der Waals surface area contributed by atoms with Crippen LogP contribution < -0.4 is 9.47 Å². The van der Waals surface area contributed by atoms with Gasteiger partial charge < -0.3 is 14.4 Å². The maximum absolute atomic E-state index is 13.0. The van der Waals surface area contributed by atoms with Crippen LogP contribution in [0.15, 0.2) is 42.5 Å². The second-order valence-electron chi connectivity index (χ2n) is 7.50. The number of piperazine rings is 1. The van der Waals surface area contributed by atoms with E-state index in [9.17, 15) is 4.79 Å². The van der Waals surface area contributed by atoms with Crippen molar-refractivity contribution in [3.05, 3.63) is 63.8 Å². The summed E-state index contributed by atoms with van der Waals surface area (Å²) in [5, 5.41) is 8.52. The van der Waals surface area contributed by atoms with Crippen LogP contribution in [0.4, 0.5) is 0 Å². The molecule has 5 rings (SSSR count). The van der Waals surface area contributed by atoms with Gasteiger partial charge in [0.25, 0.3) is 5.91 Å². The molecule has 0 atom stereocenters. The molecule has 1 N–H and O–H groups in total. The number of aromatic nitrogens is 2. The Kier molecular flexibility index (Phi) is 5.48. The number of fused-ring (bicyclic) bond motifs is 1. The van der Waals surface area contributed by atoms with E-state index in [0.29, 0.717) is 52.6 Å². The van der Waals surface area contributed by atoms with Crippen LogP contribution in [-0.4, -0.2) is 58.9 Å². The van der Waals surface area contributed by atoms with Crippen molar-refractivity contribution < 1.29 is 14.3 Å². The minimum absolute atomic E-state index is 0.0603. The molecule has 0 bridgehead atoms. The molecular formula is C22H20Cl2N4O3. The van der Waals surface area contributed by atoms with Gasteiger partial charge in [-0.05, 0) is 36.4 Å². The maximum Gasteiger partial charge on any atom is 0.271 e. The minimum atomic E-state index is -0.0603. The fourth-order valence-corrected chi connectivity index (χ4v) is 4.34. The molecule has 7 nitrogen and oxygen atoms in total. The molecule has 2 aliphatic rings. The summed E-state index contributed by atoms with van der Waals surface area (Å²) in [7, 11) is 0. The Morgan fingerprint density at radius 3 is 2.52 bits per heavy atom. The zero-order valence-corrected chi connectivity index (χ0v) is 18.1. The molecule has 0 unspecified atom stereocenters. The minimum Gasteiger partial charge on any atom is -0.454 e. The second kappa shape index (κ2) is 8.42. The van der Waals surface area contributed by atoms with Crippen LogP contribution in [-0.2, 0) is 6.54 Å². The molecule has 3 heterocycles. The van der Waals surface area contributed by atoms with Gasteiger partial charge in [-0.3, -0.25) is 14.8 Å². The highest BCUT2D eigenvalue weighted by Gasteiger charge is 2.25. The zero-order chi connectivity index (χ0) is 21.4. The average molecular weight is 459 g/mol. The van der Waals surface area contributed by atoms with E-state index in [1.807, 2.05) is 41.3 Å². The van der Waals surface area contributed by atoms with Crippen molar-refractivity contribution in [2.45, 2.75) is 6.54 Å². The number of ether oxygens (including phenoxy) is 2. The zero-order valence-electron chi connectivity index (χ0n) is 16.6. The number of rotatable bonds is 4. The lowest BCUT2D eigenvalue weighted by atomic mass is 10.1. The average Bonchev–Trinajstić information content (AvgIpc) is 3.45. The van der Waals surface area contributed by atoms with E-state index in [2.05, 4.69) is 15.1 Å². The Hall–Kier alpha value is -2.74. The smallest absolute Gasteiger partial charge is 0.271 e. The van der Waals surface area contributed by atoms with Crippen molar-refractivity contribution in [1.82, 2.24) is 20.0 Å². The first-order valence-electron chi connectivity index (χ1n) is 9.98. The molecule has 3 aromatic rings. The van der Waals surface area contributed by atoms with Crippen molar-refractivity contribution in [2.75, 3.05) is 33.0 Å². The van der Waals surface area contributed by atoms with Crippen LogP contribution in [0.1, 0.15) is 16.1 Å². The summed E-state index contributed by atoms with van der Waals surface area (Å²) in [6.07, 6.45) is 0. The SMILES string of the molecule is O=C(c1cc(-c2ccc3c(c2)OCO3)n[nH]1)N1CCN(Cc2c(Cl)cccc2Cl)CC1. The highest BCUT2D eigenvalue weighted by atomic mass is 35.5. The Balaban J connectivity index is 1.22. The topological polar surface area (TPSA) is 70.7 Å². The number of nitrogens with one attached hydrogen (secondary N) is 1. The van der Waals surface area contributed by atoms with Gasteiger partial charge in [0, 0.05) is 53.9 Å². The van der Waals surface area contributed by atoms with E-state index in [1.165, 1.54) is 0 Å². The predicted molar refractivity (Wildman–Crippen MR) is 118 cm³/mol. The number of halogens is 2. The molecule has 0 aliphatic carbocycles. The van der Waals surface area contributed by atoms with Crippen LogP contribution in [0.3, 0.4) is 0 Å². The Morgan fingerprint density at radius 1 is 1.00 bits per heavy atom. The number of hydrogen-bond acceptors (Lipinski definition) is 5. The highest BCUT2D eigenvalue weighted by Crippen LogP contribution is 2.35. The van der Waals surface area contributed by atoms with Crippen molar-refractivity contribution in [1.29, 1.82) is 0 Å². The van der Waals surface area contributed by atoms with E-state index >= 15 is 0 Å². The normalized spacial score (nSPS) is 16.0. The number of aromatic amines is 1. The van der Waals surface area contributed by atoms with Crippen LogP contribution in [0.25, 0.3) is 11.3 Å². The first kappa shape index (κ1) is 20.2. The van der Waals surface area contributed by atoms with Gasteiger partial charge in [-0.2, -0.15) is 5.10 Å². The van der Waals surface area contributed by atoms with E-state index in [0.717, 1.165) is 24.2 Å².